The summed E-state index contributed by atoms with van der Waals surface area (Å²) in [6, 6.07) is 12.9. The summed E-state index contributed by atoms with van der Waals surface area (Å²) in [6.07, 6.45) is 0.233. The monoisotopic (exact) mass is 405 g/mol. The summed E-state index contributed by atoms with van der Waals surface area (Å²) in [7, 11) is 0. The number of anilines is 1. The number of hydrogen-bond donors (Lipinski definition) is 1. The molecule has 1 N–H and O–H groups in total. The molecule has 0 spiro atoms. The molecule has 1 saturated heterocycles. The second-order valence-electron chi connectivity index (χ2n) is 6.10. The highest BCUT2D eigenvalue weighted by molar-refractivity contribution is 8.16. The van der Waals surface area contributed by atoms with Crippen molar-refractivity contribution in [3.05, 3.63) is 65.5 Å². The fourth-order valence-corrected chi connectivity index (χ4v) is 5.44. The SMILES string of the molecule is CC(OC(=O)c1ccc(C2SCCCS2)cc1)C(=O)Nc1cccc(F)c1. The molecule has 27 heavy (non-hydrogen) atoms. The van der Waals surface area contributed by atoms with Gasteiger partial charge in [-0.1, -0.05) is 18.2 Å². The number of esters is 1. The van der Waals surface area contributed by atoms with Gasteiger partial charge in [0.25, 0.3) is 5.91 Å². The van der Waals surface area contributed by atoms with Crippen molar-refractivity contribution in [2.75, 3.05) is 16.8 Å². The van der Waals surface area contributed by atoms with Gasteiger partial charge in [0, 0.05) is 5.69 Å². The number of hydrogen-bond acceptors (Lipinski definition) is 5. The third kappa shape index (κ3) is 5.49. The van der Waals surface area contributed by atoms with Crippen LogP contribution < -0.4 is 5.32 Å². The van der Waals surface area contributed by atoms with E-state index >= 15 is 0 Å². The van der Waals surface area contributed by atoms with Crippen LogP contribution in [0.1, 0.15) is 33.8 Å². The first-order valence-electron chi connectivity index (χ1n) is 8.63. The molecule has 0 saturated carbocycles. The number of ether oxygens (including phenoxy) is 1. The van der Waals surface area contributed by atoms with Gasteiger partial charge in [0.15, 0.2) is 6.10 Å². The van der Waals surface area contributed by atoms with E-state index in [0.29, 0.717) is 15.8 Å². The van der Waals surface area contributed by atoms with Crippen LogP contribution in [0.4, 0.5) is 10.1 Å². The van der Waals surface area contributed by atoms with Crippen LogP contribution in [0.3, 0.4) is 0 Å². The number of thioether (sulfide) groups is 2. The van der Waals surface area contributed by atoms with E-state index in [0.717, 1.165) is 11.5 Å². The maximum absolute atomic E-state index is 13.2. The maximum atomic E-state index is 13.2. The molecule has 0 radical (unpaired) electrons. The molecule has 7 heteroatoms. The lowest BCUT2D eigenvalue weighted by Crippen LogP contribution is -2.30. The summed E-state index contributed by atoms with van der Waals surface area (Å²) in [6.45, 7) is 1.48. The van der Waals surface area contributed by atoms with E-state index in [2.05, 4.69) is 5.32 Å². The summed E-state index contributed by atoms with van der Waals surface area (Å²) < 4.78 is 18.8. The Morgan fingerprint density at radius 1 is 1.15 bits per heavy atom. The van der Waals surface area contributed by atoms with Crippen LogP contribution >= 0.6 is 23.5 Å². The smallest absolute Gasteiger partial charge is 0.338 e. The summed E-state index contributed by atoms with van der Waals surface area (Å²) >= 11 is 3.83. The van der Waals surface area contributed by atoms with Gasteiger partial charge >= 0.3 is 5.97 Å². The number of amides is 1. The molecule has 2 aromatic rings. The largest absolute Gasteiger partial charge is 0.449 e. The van der Waals surface area contributed by atoms with Crippen molar-refractivity contribution < 1.29 is 18.7 Å². The molecule has 4 nitrogen and oxygen atoms in total. The first kappa shape index (κ1) is 19.8. The topological polar surface area (TPSA) is 55.4 Å². The quantitative estimate of drug-likeness (QED) is 0.719. The van der Waals surface area contributed by atoms with Crippen LogP contribution in [0.2, 0.25) is 0 Å². The summed E-state index contributed by atoms with van der Waals surface area (Å²) in [5.41, 5.74) is 1.89. The van der Waals surface area contributed by atoms with Crippen LogP contribution in [-0.4, -0.2) is 29.5 Å². The van der Waals surface area contributed by atoms with Gasteiger partial charge in [0.1, 0.15) is 5.82 Å². The molecule has 1 heterocycles. The molecule has 1 aliphatic rings. The zero-order valence-corrected chi connectivity index (χ0v) is 16.4. The van der Waals surface area contributed by atoms with Crippen LogP contribution in [0.25, 0.3) is 0 Å². The average molecular weight is 406 g/mol. The Labute approximate surface area is 166 Å². The van der Waals surface area contributed by atoms with E-state index in [-0.39, 0.29) is 0 Å². The molecule has 1 fully saturated rings. The second-order valence-corrected chi connectivity index (χ2v) is 8.82. The van der Waals surface area contributed by atoms with E-state index in [1.165, 1.54) is 37.1 Å². The molecule has 3 rings (SSSR count). The fraction of sp³-hybridized carbons (Fsp3) is 0.300. The lowest BCUT2D eigenvalue weighted by Gasteiger charge is -2.21. The molecule has 0 aromatic heterocycles. The Balaban J connectivity index is 1.56. The van der Waals surface area contributed by atoms with Gasteiger partial charge in [0.2, 0.25) is 0 Å². The standard InChI is InChI=1S/C20H20FNO3S2/c1-13(18(23)22-17-5-2-4-16(21)12-17)25-19(24)14-6-8-15(9-7-14)20-26-10-3-11-27-20/h2,4-9,12-13,20H,3,10-11H2,1H3,(H,22,23). The van der Waals surface area contributed by atoms with Crippen LogP contribution in [0.5, 0.6) is 0 Å². The zero-order valence-electron chi connectivity index (χ0n) is 14.8. The number of rotatable bonds is 5. The van der Waals surface area contributed by atoms with Gasteiger partial charge in [-0.05, 0) is 60.7 Å². The maximum Gasteiger partial charge on any atom is 0.338 e. The highest BCUT2D eigenvalue weighted by Crippen LogP contribution is 2.43. The summed E-state index contributed by atoms with van der Waals surface area (Å²) in [5, 5.41) is 2.53. The zero-order chi connectivity index (χ0) is 19.2. The number of carbonyl (C=O) groups excluding carboxylic acids is 2. The highest BCUT2D eigenvalue weighted by Gasteiger charge is 2.20. The third-order valence-corrected chi connectivity index (χ3v) is 7.01. The van der Waals surface area contributed by atoms with Gasteiger partial charge in [-0.15, -0.1) is 23.5 Å². The van der Waals surface area contributed by atoms with Gasteiger partial charge in [0.05, 0.1) is 10.1 Å². The molecule has 0 bridgehead atoms. The van der Waals surface area contributed by atoms with Crippen molar-refractivity contribution in [3.63, 3.8) is 0 Å². The minimum atomic E-state index is -0.995. The van der Waals surface area contributed by atoms with Gasteiger partial charge in [-0.25, -0.2) is 9.18 Å². The molecule has 1 atom stereocenters. The number of benzene rings is 2. The Kier molecular flexibility index (Phi) is 6.79. The normalized spacial score (nSPS) is 15.8. The number of nitrogens with one attached hydrogen (secondary N) is 1. The van der Waals surface area contributed by atoms with Crippen molar-refractivity contribution in [1.82, 2.24) is 0 Å². The van der Waals surface area contributed by atoms with Crippen molar-refractivity contribution in [1.29, 1.82) is 0 Å². The predicted molar refractivity (Wildman–Crippen MR) is 109 cm³/mol. The molecule has 142 valence electrons. The van der Waals surface area contributed by atoms with Crippen molar-refractivity contribution in [2.45, 2.75) is 24.0 Å². The Morgan fingerprint density at radius 3 is 2.52 bits per heavy atom. The second kappa shape index (κ2) is 9.28. The van der Waals surface area contributed by atoms with Crippen molar-refractivity contribution in [2.24, 2.45) is 0 Å². The van der Waals surface area contributed by atoms with Crippen molar-refractivity contribution in [3.8, 4) is 0 Å². The highest BCUT2D eigenvalue weighted by atomic mass is 32.2. The van der Waals surface area contributed by atoms with Crippen LogP contribution in [0.15, 0.2) is 48.5 Å². The number of carbonyl (C=O) groups is 2. The molecular weight excluding hydrogens is 385 g/mol. The predicted octanol–water partition coefficient (Wildman–Crippen LogP) is 4.88. The fourth-order valence-electron chi connectivity index (χ4n) is 2.55. The summed E-state index contributed by atoms with van der Waals surface area (Å²) in [5.74, 6) is 0.776. The van der Waals surface area contributed by atoms with E-state index in [1.807, 2.05) is 35.7 Å². The minimum Gasteiger partial charge on any atom is -0.449 e. The van der Waals surface area contributed by atoms with Gasteiger partial charge in [-0.2, -0.15) is 0 Å². The number of halogens is 1. The summed E-state index contributed by atoms with van der Waals surface area (Å²) in [4.78, 5) is 24.4. The average Bonchev–Trinajstić information content (AvgIpc) is 2.68. The molecule has 2 aromatic carbocycles. The Morgan fingerprint density at radius 2 is 1.85 bits per heavy atom. The molecule has 0 aliphatic carbocycles. The van der Waals surface area contributed by atoms with Crippen LogP contribution in [-0.2, 0) is 9.53 Å². The Hall–Kier alpha value is -1.99. The first-order valence-corrected chi connectivity index (χ1v) is 10.7. The molecule has 1 unspecified atom stereocenters. The van der Waals surface area contributed by atoms with Gasteiger partial charge < -0.3 is 10.1 Å². The van der Waals surface area contributed by atoms with Crippen LogP contribution in [0, 0.1) is 5.82 Å². The Bertz CT molecular complexity index is 807. The molecule has 1 aliphatic heterocycles. The third-order valence-electron chi connectivity index (χ3n) is 3.99. The minimum absolute atomic E-state index is 0.315. The lowest BCUT2D eigenvalue weighted by molar-refractivity contribution is -0.123. The van der Waals surface area contributed by atoms with E-state index in [9.17, 15) is 14.0 Å². The first-order chi connectivity index (χ1) is 13.0. The van der Waals surface area contributed by atoms with Crippen molar-refractivity contribution >= 4 is 41.1 Å². The van der Waals surface area contributed by atoms with Gasteiger partial charge in [-0.3, -0.25) is 4.79 Å². The molecular formula is C20H20FNO3S2. The van der Waals surface area contributed by atoms with E-state index in [1.54, 1.807) is 18.2 Å². The lowest BCUT2D eigenvalue weighted by atomic mass is 10.1. The van der Waals surface area contributed by atoms with E-state index in [4.69, 9.17) is 4.74 Å². The van der Waals surface area contributed by atoms with E-state index < -0.39 is 23.8 Å². The molecule has 1 amide bonds.